The molecule has 2 rings (SSSR count). The maximum atomic E-state index is 10.6. The average Bonchev–Trinajstić information content (AvgIpc) is 2.51. The lowest BCUT2D eigenvalue weighted by molar-refractivity contribution is -0.384. The Morgan fingerprint density at radius 3 is 2.41 bits per heavy atom. The Morgan fingerprint density at radius 1 is 1.27 bits per heavy atom. The molecule has 1 aliphatic heterocycles. The number of hydrogen-bond acceptors (Lipinski definition) is 8. The van der Waals surface area contributed by atoms with E-state index >= 15 is 0 Å². The van der Waals surface area contributed by atoms with E-state index in [-0.39, 0.29) is 11.4 Å². The minimum Gasteiger partial charge on any atom is -0.462 e. The fourth-order valence-electron chi connectivity index (χ4n) is 2.18. The lowest BCUT2D eigenvalue weighted by Gasteiger charge is -2.41. The second kappa shape index (κ2) is 6.99. The number of nitro benzene ring substituents is 1. The fourth-order valence-corrected chi connectivity index (χ4v) is 2.18. The van der Waals surface area contributed by atoms with E-state index in [1.165, 1.54) is 31.4 Å². The molecule has 22 heavy (non-hydrogen) atoms. The van der Waals surface area contributed by atoms with Gasteiger partial charge in [-0.2, -0.15) is 0 Å². The summed E-state index contributed by atoms with van der Waals surface area (Å²) in [7, 11) is 1.31. The molecule has 3 N–H and O–H groups in total. The van der Waals surface area contributed by atoms with Crippen LogP contribution in [-0.4, -0.2) is 64.7 Å². The van der Waals surface area contributed by atoms with Crippen molar-refractivity contribution >= 4 is 5.69 Å². The molecule has 1 heterocycles. The highest BCUT2D eigenvalue weighted by molar-refractivity contribution is 5.36. The summed E-state index contributed by atoms with van der Waals surface area (Å²) in [5.74, 6) is 0.262. The summed E-state index contributed by atoms with van der Waals surface area (Å²) in [6, 6.07) is 5.27. The second-order valence-electron chi connectivity index (χ2n) is 4.78. The minimum atomic E-state index is -1.31. The van der Waals surface area contributed by atoms with Crippen molar-refractivity contribution in [3.8, 4) is 5.75 Å². The molecule has 1 aromatic rings. The summed E-state index contributed by atoms with van der Waals surface area (Å²) in [5.41, 5.74) is -0.0936. The smallest absolute Gasteiger partial charge is 0.269 e. The van der Waals surface area contributed by atoms with Gasteiger partial charge in [-0.05, 0) is 12.1 Å². The molecule has 0 aliphatic carbocycles. The Morgan fingerprint density at radius 2 is 1.91 bits per heavy atom. The van der Waals surface area contributed by atoms with Gasteiger partial charge < -0.3 is 29.5 Å². The van der Waals surface area contributed by atoms with Crippen molar-refractivity contribution < 1.29 is 34.5 Å². The zero-order valence-corrected chi connectivity index (χ0v) is 11.7. The van der Waals surface area contributed by atoms with Crippen molar-refractivity contribution in [2.24, 2.45) is 0 Å². The Hall–Kier alpha value is -1.78. The average molecular weight is 315 g/mol. The van der Waals surface area contributed by atoms with Gasteiger partial charge in [-0.3, -0.25) is 10.1 Å². The van der Waals surface area contributed by atoms with E-state index in [9.17, 15) is 20.3 Å². The van der Waals surface area contributed by atoms with Crippen LogP contribution in [0.15, 0.2) is 24.3 Å². The molecule has 122 valence electrons. The molecular formula is C13H17NO8. The first-order valence-corrected chi connectivity index (χ1v) is 6.54. The lowest BCUT2D eigenvalue weighted by atomic mass is 9.99. The van der Waals surface area contributed by atoms with Crippen LogP contribution in [0, 0.1) is 10.1 Å². The Kier molecular flexibility index (Phi) is 5.27. The van der Waals surface area contributed by atoms with Gasteiger partial charge in [-0.1, -0.05) is 0 Å². The Labute approximate surface area is 125 Å². The fraction of sp³-hybridized carbons (Fsp3) is 0.538. The number of aliphatic hydroxyl groups excluding tert-OH is 3. The van der Waals surface area contributed by atoms with Crippen molar-refractivity contribution in [1.82, 2.24) is 0 Å². The SMILES string of the molecule is CO[C@H]1[C@@H](Oc2ccc([N+](=O)[O-])cc2)O[C@H](CO)[C@H](O)[C@@H]1O. The standard InChI is InChI=1S/C13H17NO8/c1-20-12-11(17)10(16)9(6-15)22-13(12)21-8-4-2-7(3-5-8)14(18)19/h2-5,9-13,15-17H,6H2,1H3/t9-,10+,11+,12-,13+/m1/s1. The maximum absolute atomic E-state index is 10.6. The normalized spacial score (nSPS) is 31.7. The maximum Gasteiger partial charge on any atom is 0.269 e. The summed E-state index contributed by atoms with van der Waals surface area (Å²) >= 11 is 0. The van der Waals surface area contributed by atoms with Crippen LogP contribution >= 0.6 is 0 Å². The third kappa shape index (κ3) is 3.34. The summed E-state index contributed by atoms with van der Waals surface area (Å²) < 4.78 is 15.9. The lowest BCUT2D eigenvalue weighted by Crippen LogP contribution is -2.60. The van der Waals surface area contributed by atoms with Crippen LogP contribution in [0.5, 0.6) is 5.75 Å². The Balaban J connectivity index is 2.13. The van der Waals surface area contributed by atoms with Gasteiger partial charge in [-0.25, -0.2) is 0 Å². The van der Waals surface area contributed by atoms with Crippen LogP contribution in [0.2, 0.25) is 0 Å². The number of nitro groups is 1. The van der Waals surface area contributed by atoms with E-state index in [4.69, 9.17) is 19.3 Å². The van der Waals surface area contributed by atoms with Gasteiger partial charge in [0.25, 0.3) is 5.69 Å². The first-order valence-electron chi connectivity index (χ1n) is 6.54. The number of nitrogens with zero attached hydrogens (tertiary/aromatic N) is 1. The molecule has 1 saturated heterocycles. The van der Waals surface area contributed by atoms with Crippen molar-refractivity contribution in [1.29, 1.82) is 0 Å². The molecule has 1 fully saturated rings. The van der Waals surface area contributed by atoms with Crippen molar-refractivity contribution in [3.63, 3.8) is 0 Å². The van der Waals surface area contributed by atoms with Gasteiger partial charge >= 0.3 is 0 Å². The first-order chi connectivity index (χ1) is 10.5. The highest BCUT2D eigenvalue weighted by atomic mass is 16.7. The Bertz CT molecular complexity index is 507. The summed E-state index contributed by atoms with van der Waals surface area (Å²) in [5, 5.41) is 39.5. The van der Waals surface area contributed by atoms with Crippen LogP contribution < -0.4 is 4.74 Å². The third-order valence-electron chi connectivity index (χ3n) is 3.40. The second-order valence-corrected chi connectivity index (χ2v) is 4.78. The molecule has 0 radical (unpaired) electrons. The molecule has 9 heteroatoms. The van der Waals surface area contributed by atoms with Gasteiger partial charge in [0, 0.05) is 19.2 Å². The molecule has 0 aromatic heterocycles. The third-order valence-corrected chi connectivity index (χ3v) is 3.40. The number of benzene rings is 1. The molecule has 1 aromatic carbocycles. The van der Waals surface area contributed by atoms with E-state index in [0.29, 0.717) is 0 Å². The summed E-state index contributed by atoms with van der Waals surface area (Å²) in [6.07, 6.45) is -5.70. The molecule has 9 nitrogen and oxygen atoms in total. The van der Waals surface area contributed by atoms with Gasteiger partial charge in [0.2, 0.25) is 6.29 Å². The molecule has 1 aliphatic rings. The van der Waals surface area contributed by atoms with E-state index in [2.05, 4.69) is 0 Å². The van der Waals surface area contributed by atoms with Crippen LogP contribution in [0.4, 0.5) is 5.69 Å². The minimum absolute atomic E-state index is 0.0936. The molecule has 5 atom stereocenters. The highest BCUT2D eigenvalue weighted by Gasteiger charge is 2.45. The first kappa shape index (κ1) is 16.6. The van der Waals surface area contributed by atoms with Gasteiger partial charge in [0.1, 0.15) is 30.2 Å². The number of methoxy groups -OCH3 is 1. The molecular weight excluding hydrogens is 298 g/mol. The zero-order chi connectivity index (χ0) is 16.3. The van der Waals surface area contributed by atoms with E-state index < -0.39 is 42.2 Å². The molecule has 0 spiro atoms. The van der Waals surface area contributed by atoms with E-state index in [1.54, 1.807) is 0 Å². The van der Waals surface area contributed by atoms with Crippen LogP contribution in [-0.2, 0) is 9.47 Å². The van der Waals surface area contributed by atoms with Crippen LogP contribution in [0.25, 0.3) is 0 Å². The number of non-ortho nitro benzene ring substituents is 1. The van der Waals surface area contributed by atoms with Crippen LogP contribution in [0.3, 0.4) is 0 Å². The highest BCUT2D eigenvalue weighted by Crippen LogP contribution is 2.26. The quantitative estimate of drug-likeness (QED) is 0.486. The summed E-state index contributed by atoms with van der Waals surface area (Å²) in [4.78, 5) is 10.1. The monoisotopic (exact) mass is 315 g/mol. The predicted molar refractivity (Wildman–Crippen MR) is 72.3 cm³/mol. The number of aliphatic hydroxyl groups is 3. The van der Waals surface area contributed by atoms with E-state index in [0.717, 1.165) is 0 Å². The zero-order valence-electron chi connectivity index (χ0n) is 11.7. The van der Waals surface area contributed by atoms with Crippen molar-refractivity contribution in [3.05, 3.63) is 34.4 Å². The van der Waals surface area contributed by atoms with Gasteiger partial charge in [0.15, 0.2) is 0 Å². The topological polar surface area (TPSA) is 132 Å². The van der Waals surface area contributed by atoms with Gasteiger partial charge in [0.05, 0.1) is 11.5 Å². The largest absolute Gasteiger partial charge is 0.462 e. The molecule has 0 bridgehead atoms. The van der Waals surface area contributed by atoms with Crippen LogP contribution in [0.1, 0.15) is 0 Å². The van der Waals surface area contributed by atoms with Gasteiger partial charge in [-0.15, -0.1) is 0 Å². The number of ether oxygens (including phenoxy) is 3. The molecule has 0 amide bonds. The summed E-state index contributed by atoms with van der Waals surface area (Å²) in [6.45, 7) is -0.505. The molecule has 0 saturated carbocycles. The predicted octanol–water partition coefficient (Wildman–Crippen LogP) is -0.572. The van der Waals surface area contributed by atoms with E-state index in [1.807, 2.05) is 0 Å². The molecule has 0 unspecified atom stereocenters. The number of hydrogen-bond donors (Lipinski definition) is 3. The van der Waals surface area contributed by atoms with Crippen molar-refractivity contribution in [2.45, 2.75) is 30.7 Å². The number of rotatable bonds is 5. The van der Waals surface area contributed by atoms with Crippen molar-refractivity contribution in [2.75, 3.05) is 13.7 Å².